The zero-order chi connectivity index (χ0) is 9.61. The summed E-state index contributed by atoms with van der Waals surface area (Å²) in [6.45, 7) is 11.3. The molecule has 0 spiro atoms. The summed E-state index contributed by atoms with van der Waals surface area (Å²) in [5, 5.41) is 0. The first-order valence-electron chi connectivity index (χ1n) is 4.30. The van der Waals surface area contributed by atoms with Gasteiger partial charge in [-0.05, 0) is 11.5 Å². The molecule has 0 aromatic carbocycles. The van der Waals surface area contributed by atoms with E-state index in [1.54, 1.807) is 0 Å². The molecule has 0 aromatic heterocycles. The summed E-state index contributed by atoms with van der Waals surface area (Å²) in [5.41, 5.74) is 1.53. The van der Waals surface area contributed by atoms with Gasteiger partial charge in [-0.15, -0.1) is 11.6 Å². The summed E-state index contributed by atoms with van der Waals surface area (Å²) in [6, 6.07) is 1.07. The quantitative estimate of drug-likeness (QED) is 0.291. The van der Waals surface area contributed by atoms with Crippen LogP contribution in [-0.4, -0.2) is 22.3 Å². The van der Waals surface area contributed by atoms with Gasteiger partial charge in [-0.1, -0.05) is 32.9 Å². The summed E-state index contributed by atoms with van der Waals surface area (Å²) in [7, 11) is -0.411. The van der Waals surface area contributed by atoms with E-state index in [0.717, 1.165) is 6.04 Å². The van der Waals surface area contributed by atoms with Crippen molar-refractivity contribution in [2.75, 3.05) is 12.5 Å². The largest absolute Gasteiger partial charge is 0.422 e. The van der Waals surface area contributed by atoms with E-state index in [-0.39, 0.29) is 5.41 Å². The van der Waals surface area contributed by atoms with Crippen LogP contribution in [0.5, 0.6) is 0 Å². The minimum Gasteiger partial charge on any atom is -0.422 e. The highest BCUT2D eigenvalue weighted by Gasteiger charge is 2.14. The van der Waals surface area contributed by atoms with Gasteiger partial charge in [0.2, 0.25) is 0 Å². The first-order valence-corrected chi connectivity index (χ1v) is 6.41. The summed E-state index contributed by atoms with van der Waals surface area (Å²) in [6.07, 6.45) is 0. The fourth-order valence-corrected chi connectivity index (χ4v) is 2.51. The molecule has 0 aliphatic rings. The Morgan fingerprint density at radius 3 is 2.50 bits per heavy atom. The van der Waals surface area contributed by atoms with E-state index >= 15 is 0 Å². The standard InChI is InChI=1S/C9H19ClOSi/c1-8(9(2,3)4)7-12-11-6-5-10/h1,5-7,12H2,2-4H3. The average Bonchev–Trinajstić information content (AvgIpc) is 1.96. The molecular formula is C9H19ClOSi. The minimum atomic E-state index is -0.411. The van der Waals surface area contributed by atoms with Crippen molar-refractivity contribution in [3.63, 3.8) is 0 Å². The highest BCUT2D eigenvalue weighted by molar-refractivity contribution is 6.28. The Kier molecular flexibility index (Phi) is 5.88. The molecule has 0 N–H and O–H groups in total. The first-order chi connectivity index (χ1) is 5.48. The van der Waals surface area contributed by atoms with Gasteiger partial charge in [-0.3, -0.25) is 0 Å². The molecule has 0 saturated carbocycles. The van der Waals surface area contributed by atoms with Gasteiger partial charge in [0.15, 0.2) is 9.76 Å². The van der Waals surface area contributed by atoms with E-state index in [2.05, 4.69) is 27.4 Å². The third kappa shape index (κ3) is 5.81. The van der Waals surface area contributed by atoms with E-state index in [9.17, 15) is 0 Å². The Morgan fingerprint density at radius 1 is 1.50 bits per heavy atom. The number of halogens is 1. The van der Waals surface area contributed by atoms with E-state index in [1.807, 2.05) is 0 Å². The van der Waals surface area contributed by atoms with Crippen LogP contribution in [0.15, 0.2) is 12.2 Å². The highest BCUT2D eigenvalue weighted by Crippen LogP contribution is 2.25. The number of hydrogen-bond donors (Lipinski definition) is 0. The van der Waals surface area contributed by atoms with Crippen LogP contribution in [0.3, 0.4) is 0 Å². The van der Waals surface area contributed by atoms with Crippen molar-refractivity contribution in [3.8, 4) is 0 Å². The van der Waals surface area contributed by atoms with Crippen LogP contribution >= 0.6 is 11.6 Å². The summed E-state index contributed by atoms with van der Waals surface area (Å²) in [5.74, 6) is 0.606. The molecule has 0 fully saturated rings. The van der Waals surface area contributed by atoms with Crippen molar-refractivity contribution in [2.45, 2.75) is 26.8 Å². The van der Waals surface area contributed by atoms with Crippen molar-refractivity contribution in [2.24, 2.45) is 5.41 Å². The van der Waals surface area contributed by atoms with Gasteiger partial charge in [0.1, 0.15) is 0 Å². The lowest BCUT2D eigenvalue weighted by Gasteiger charge is -2.21. The van der Waals surface area contributed by atoms with E-state index in [1.165, 1.54) is 5.57 Å². The Hall–Kier alpha value is 0.207. The smallest absolute Gasteiger partial charge is 0.165 e. The Bertz CT molecular complexity index is 140. The normalized spacial score (nSPS) is 12.7. The average molecular weight is 207 g/mol. The van der Waals surface area contributed by atoms with E-state index < -0.39 is 9.76 Å². The second-order valence-corrected chi connectivity index (χ2v) is 5.60. The first kappa shape index (κ1) is 12.2. The molecule has 0 aliphatic heterocycles. The van der Waals surface area contributed by atoms with Crippen molar-refractivity contribution in [1.29, 1.82) is 0 Å². The maximum Gasteiger partial charge on any atom is 0.165 e. The highest BCUT2D eigenvalue weighted by atomic mass is 35.5. The van der Waals surface area contributed by atoms with Gasteiger partial charge in [0, 0.05) is 12.5 Å². The molecular weight excluding hydrogens is 188 g/mol. The molecule has 3 heteroatoms. The number of allylic oxidation sites excluding steroid dienone is 1. The van der Waals surface area contributed by atoms with Crippen LogP contribution in [0.25, 0.3) is 0 Å². The molecule has 0 unspecified atom stereocenters. The predicted molar refractivity (Wildman–Crippen MR) is 58.6 cm³/mol. The monoisotopic (exact) mass is 206 g/mol. The van der Waals surface area contributed by atoms with Gasteiger partial charge in [0.05, 0.1) is 0 Å². The van der Waals surface area contributed by atoms with E-state index in [0.29, 0.717) is 12.5 Å². The van der Waals surface area contributed by atoms with Crippen LogP contribution < -0.4 is 0 Å². The molecule has 0 saturated heterocycles. The molecule has 1 nitrogen and oxygen atoms in total. The topological polar surface area (TPSA) is 9.23 Å². The Balaban J connectivity index is 3.45. The fraction of sp³-hybridized carbons (Fsp3) is 0.778. The summed E-state index contributed by atoms with van der Waals surface area (Å²) < 4.78 is 5.39. The van der Waals surface area contributed by atoms with E-state index in [4.69, 9.17) is 16.0 Å². The molecule has 0 aromatic rings. The zero-order valence-electron chi connectivity index (χ0n) is 8.32. The van der Waals surface area contributed by atoms with Crippen molar-refractivity contribution >= 4 is 21.4 Å². The van der Waals surface area contributed by atoms with Gasteiger partial charge < -0.3 is 4.43 Å². The third-order valence-corrected chi connectivity index (χ3v) is 3.37. The molecule has 0 bridgehead atoms. The molecule has 12 heavy (non-hydrogen) atoms. The predicted octanol–water partition coefficient (Wildman–Crippen LogP) is 2.35. The van der Waals surface area contributed by atoms with Gasteiger partial charge in [-0.2, -0.15) is 0 Å². The lowest BCUT2D eigenvalue weighted by atomic mass is 9.89. The molecule has 0 atom stereocenters. The van der Waals surface area contributed by atoms with Crippen molar-refractivity contribution in [1.82, 2.24) is 0 Å². The van der Waals surface area contributed by atoms with Crippen molar-refractivity contribution in [3.05, 3.63) is 12.2 Å². The van der Waals surface area contributed by atoms with Crippen LogP contribution in [0, 0.1) is 5.41 Å². The van der Waals surface area contributed by atoms with Crippen LogP contribution in [0.4, 0.5) is 0 Å². The zero-order valence-corrected chi connectivity index (χ0v) is 10.5. The Labute approximate surface area is 83.1 Å². The molecule has 0 heterocycles. The van der Waals surface area contributed by atoms with Crippen LogP contribution in [0.1, 0.15) is 20.8 Å². The molecule has 0 rings (SSSR count). The second kappa shape index (κ2) is 5.78. The maximum atomic E-state index is 5.48. The number of rotatable bonds is 5. The maximum absolute atomic E-state index is 5.48. The number of hydrogen-bond acceptors (Lipinski definition) is 1. The summed E-state index contributed by atoms with van der Waals surface area (Å²) >= 11 is 5.48. The minimum absolute atomic E-state index is 0.233. The lowest BCUT2D eigenvalue weighted by molar-refractivity contribution is 0.361. The third-order valence-electron chi connectivity index (χ3n) is 1.83. The Morgan fingerprint density at radius 2 is 2.08 bits per heavy atom. The molecule has 0 amide bonds. The fourth-order valence-electron chi connectivity index (χ4n) is 0.727. The van der Waals surface area contributed by atoms with Crippen molar-refractivity contribution < 1.29 is 4.43 Å². The van der Waals surface area contributed by atoms with Gasteiger partial charge in [-0.25, -0.2) is 0 Å². The molecule has 0 radical (unpaired) electrons. The number of alkyl halides is 1. The lowest BCUT2D eigenvalue weighted by Crippen LogP contribution is -2.12. The summed E-state index contributed by atoms with van der Waals surface area (Å²) in [4.78, 5) is 0. The SMILES string of the molecule is C=C(C[SiH2]OCCCl)C(C)(C)C. The van der Waals surface area contributed by atoms with Gasteiger partial charge >= 0.3 is 0 Å². The second-order valence-electron chi connectivity index (χ2n) is 3.90. The van der Waals surface area contributed by atoms with Crippen LogP contribution in [0.2, 0.25) is 6.04 Å². The molecule has 0 aliphatic carbocycles. The van der Waals surface area contributed by atoms with Gasteiger partial charge in [0.25, 0.3) is 0 Å². The van der Waals surface area contributed by atoms with Crippen LogP contribution in [-0.2, 0) is 4.43 Å². The molecule has 72 valence electrons.